The molecule has 1 aliphatic heterocycles. The first-order valence-electron chi connectivity index (χ1n) is 9.01. The molecule has 3 aromatic rings. The van der Waals surface area contributed by atoms with Crippen molar-refractivity contribution in [2.75, 3.05) is 11.9 Å². The molecule has 2 heterocycles. The third kappa shape index (κ3) is 3.58. The summed E-state index contributed by atoms with van der Waals surface area (Å²) in [6.07, 6.45) is 1.61. The molecule has 0 radical (unpaired) electrons. The lowest BCUT2D eigenvalue weighted by Crippen LogP contribution is -2.45. The standard InChI is InChI=1S/C20H19ClN4O3/c21-14-5-3-12(4-6-14)18(26)20(28)25-9-1-2-17(25)19(27)23-15-7-8-16-13(10-15)11-22-24-16/h3-8,10-11,17-18,26H,1-2,9H2,(H,22,24)(H,23,27)/t17-,18?/m1/s1. The SMILES string of the molecule is O=C(Nc1ccc2[nH]ncc2c1)[C@H]1CCCN1C(=O)C(O)c1ccc(Cl)cc1. The molecule has 1 unspecified atom stereocenters. The number of amides is 2. The van der Waals surface area contributed by atoms with Crippen LogP contribution in [0, 0.1) is 0 Å². The Kier molecular flexibility index (Phi) is 5.02. The van der Waals surface area contributed by atoms with Gasteiger partial charge in [-0.05, 0) is 48.7 Å². The quantitative estimate of drug-likeness (QED) is 0.629. The zero-order valence-corrected chi connectivity index (χ0v) is 15.7. The largest absolute Gasteiger partial charge is 0.378 e. The van der Waals surface area contributed by atoms with Gasteiger partial charge in [-0.3, -0.25) is 14.7 Å². The van der Waals surface area contributed by atoms with Crippen LogP contribution in [0.3, 0.4) is 0 Å². The average Bonchev–Trinajstić information content (AvgIpc) is 3.36. The van der Waals surface area contributed by atoms with Crippen LogP contribution in [-0.4, -0.2) is 44.6 Å². The van der Waals surface area contributed by atoms with E-state index in [2.05, 4.69) is 15.5 Å². The number of aromatic amines is 1. The van der Waals surface area contributed by atoms with Gasteiger partial charge in [-0.25, -0.2) is 0 Å². The van der Waals surface area contributed by atoms with Crippen molar-refractivity contribution in [3.05, 3.63) is 59.2 Å². The van der Waals surface area contributed by atoms with Crippen LogP contribution >= 0.6 is 11.6 Å². The predicted molar refractivity (Wildman–Crippen MR) is 106 cm³/mol. The van der Waals surface area contributed by atoms with Gasteiger partial charge in [0.25, 0.3) is 5.91 Å². The van der Waals surface area contributed by atoms with E-state index >= 15 is 0 Å². The lowest BCUT2D eigenvalue weighted by molar-refractivity contribution is -0.144. The molecular formula is C20H19ClN4O3. The molecule has 1 aromatic heterocycles. The number of halogens is 1. The Hall–Kier alpha value is -2.90. The molecule has 7 nitrogen and oxygen atoms in total. The summed E-state index contributed by atoms with van der Waals surface area (Å²) in [4.78, 5) is 27.0. The Morgan fingerprint density at radius 2 is 2.04 bits per heavy atom. The third-order valence-electron chi connectivity index (χ3n) is 4.97. The molecule has 1 saturated heterocycles. The molecule has 2 amide bonds. The highest BCUT2D eigenvalue weighted by Gasteiger charge is 2.37. The van der Waals surface area contributed by atoms with Crippen molar-refractivity contribution in [2.45, 2.75) is 25.0 Å². The summed E-state index contributed by atoms with van der Waals surface area (Å²) in [5.41, 5.74) is 1.96. The van der Waals surface area contributed by atoms with Gasteiger partial charge in [-0.2, -0.15) is 5.10 Å². The number of aliphatic hydroxyl groups is 1. The monoisotopic (exact) mass is 398 g/mol. The molecule has 144 valence electrons. The number of hydrogen-bond acceptors (Lipinski definition) is 4. The molecule has 0 aliphatic carbocycles. The molecule has 3 N–H and O–H groups in total. The molecule has 2 aromatic carbocycles. The van der Waals surface area contributed by atoms with Gasteiger partial charge in [-0.1, -0.05) is 23.7 Å². The summed E-state index contributed by atoms with van der Waals surface area (Å²) in [5.74, 6) is -0.748. The van der Waals surface area contributed by atoms with Crippen molar-refractivity contribution in [1.82, 2.24) is 15.1 Å². The minimum absolute atomic E-state index is 0.267. The van der Waals surface area contributed by atoms with Gasteiger partial charge in [-0.15, -0.1) is 0 Å². The van der Waals surface area contributed by atoms with Gasteiger partial charge in [0.1, 0.15) is 6.04 Å². The van der Waals surface area contributed by atoms with Crippen molar-refractivity contribution in [3.63, 3.8) is 0 Å². The zero-order valence-electron chi connectivity index (χ0n) is 14.9. The number of nitrogens with zero attached hydrogens (tertiary/aromatic N) is 2. The van der Waals surface area contributed by atoms with E-state index in [1.54, 1.807) is 36.5 Å². The second-order valence-electron chi connectivity index (χ2n) is 6.81. The third-order valence-corrected chi connectivity index (χ3v) is 5.22. The minimum atomic E-state index is -1.33. The maximum absolute atomic E-state index is 12.8. The predicted octanol–water partition coefficient (Wildman–Crippen LogP) is 2.88. The molecule has 0 spiro atoms. The van der Waals surface area contributed by atoms with Crippen LogP contribution < -0.4 is 5.32 Å². The van der Waals surface area contributed by atoms with E-state index in [0.29, 0.717) is 35.7 Å². The van der Waals surface area contributed by atoms with E-state index in [4.69, 9.17) is 11.6 Å². The van der Waals surface area contributed by atoms with E-state index in [1.165, 1.54) is 4.90 Å². The lowest BCUT2D eigenvalue weighted by atomic mass is 10.1. The summed E-state index contributed by atoms with van der Waals surface area (Å²) >= 11 is 5.86. The summed E-state index contributed by atoms with van der Waals surface area (Å²) < 4.78 is 0. The summed E-state index contributed by atoms with van der Waals surface area (Å²) in [6.45, 7) is 0.433. The smallest absolute Gasteiger partial charge is 0.256 e. The second kappa shape index (κ2) is 7.61. The van der Waals surface area contributed by atoms with Gasteiger partial charge >= 0.3 is 0 Å². The van der Waals surface area contributed by atoms with Crippen molar-refractivity contribution >= 4 is 40.0 Å². The van der Waals surface area contributed by atoms with E-state index in [1.807, 2.05) is 12.1 Å². The van der Waals surface area contributed by atoms with Crippen LogP contribution in [0.5, 0.6) is 0 Å². The van der Waals surface area contributed by atoms with Crippen LogP contribution in [0.4, 0.5) is 5.69 Å². The van der Waals surface area contributed by atoms with Gasteiger partial charge in [0.15, 0.2) is 6.10 Å². The Morgan fingerprint density at radius 3 is 2.82 bits per heavy atom. The number of fused-ring (bicyclic) bond motifs is 1. The summed E-state index contributed by atoms with van der Waals surface area (Å²) in [6, 6.07) is 11.3. The van der Waals surface area contributed by atoms with E-state index in [9.17, 15) is 14.7 Å². The molecule has 8 heteroatoms. The van der Waals surface area contributed by atoms with Gasteiger partial charge in [0, 0.05) is 22.6 Å². The first kappa shape index (κ1) is 18.5. The normalized spacial score (nSPS) is 17.6. The topological polar surface area (TPSA) is 98.3 Å². The van der Waals surface area contributed by atoms with Crippen LogP contribution in [0.1, 0.15) is 24.5 Å². The fourth-order valence-corrected chi connectivity index (χ4v) is 3.62. The van der Waals surface area contributed by atoms with E-state index < -0.39 is 18.1 Å². The van der Waals surface area contributed by atoms with Crippen LogP contribution in [0.15, 0.2) is 48.7 Å². The number of rotatable bonds is 4. The fourth-order valence-electron chi connectivity index (χ4n) is 3.49. The van der Waals surface area contributed by atoms with Gasteiger partial charge < -0.3 is 15.3 Å². The maximum Gasteiger partial charge on any atom is 0.256 e. The molecule has 28 heavy (non-hydrogen) atoms. The molecule has 4 rings (SSSR count). The number of aromatic nitrogens is 2. The number of nitrogens with one attached hydrogen (secondary N) is 2. The summed E-state index contributed by atoms with van der Waals surface area (Å²) in [5, 5.41) is 21.5. The van der Waals surface area contributed by atoms with Crippen molar-refractivity contribution in [3.8, 4) is 0 Å². The van der Waals surface area contributed by atoms with Crippen LogP contribution in [0.2, 0.25) is 5.02 Å². The number of H-pyrrole nitrogens is 1. The fraction of sp³-hybridized carbons (Fsp3) is 0.250. The molecule has 1 fully saturated rings. The molecule has 2 atom stereocenters. The Balaban J connectivity index is 1.48. The highest BCUT2D eigenvalue weighted by molar-refractivity contribution is 6.30. The number of carbonyl (C=O) groups excluding carboxylic acids is 2. The van der Waals surface area contributed by atoms with Crippen molar-refractivity contribution in [1.29, 1.82) is 0 Å². The molecule has 0 saturated carbocycles. The number of anilines is 1. The van der Waals surface area contributed by atoms with Crippen LogP contribution in [-0.2, 0) is 9.59 Å². The first-order valence-corrected chi connectivity index (χ1v) is 9.39. The van der Waals surface area contributed by atoms with E-state index in [-0.39, 0.29) is 5.91 Å². The molecule has 1 aliphatic rings. The number of aliphatic hydroxyl groups excluding tert-OH is 1. The molecular weight excluding hydrogens is 380 g/mol. The number of hydrogen-bond donors (Lipinski definition) is 3. The van der Waals surface area contributed by atoms with Gasteiger partial charge in [0.05, 0.1) is 11.7 Å². The summed E-state index contributed by atoms with van der Waals surface area (Å²) in [7, 11) is 0. The van der Waals surface area contributed by atoms with Crippen LogP contribution in [0.25, 0.3) is 10.9 Å². The van der Waals surface area contributed by atoms with Crippen molar-refractivity contribution in [2.24, 2.45) is 0 Å². The highest BCUT2D eigenvalue weighted by Crippen LogP contribution is 2.26. The van der Waals surface area contributed by atoms with Crippen molar-refractivity contribution < 1.29 is 14.7 Å². The zero-order chi connectivity index (χ0) is 19.7. The maximum atomic E-state index is 12.8. The number of likely N-dealkylation sites (tertiary alicyclic amines) is 1. The Labute approximate surface area is 166 Å². The number of carbonyl (C=O) groups is 2. The Bertz CT molecular complexity index is 1020. The average molecular weight is 399 g/mol. The second-order valence-corrected chi connectivity index (χ2v) is 7.24. The number of benzene rings is 2. The van der Waals surface area contributed by atoms with Gasteiger partial charge in [0.2, 0.25) is 5.91 Å². The lowest BCUT2D eigenvalue weighted by Gasteiger charge is -2.26. The Morgan fingerprint density at radius 1 is 1.25 bits per heavy atom. The molecule has 0 bridgehead atoms. The van der Waals surface area contributed by atoms with E-state index in [0.717, 1.165) is 10.9 Å². The first-order chi connectivity index (χ1) is 13.5. The highest BCUT2D eigenvalue weighted by atomic mass is 35.5. The minimum Gasteiger partial charge on any atom is -0.378 e.